The van der Waals surface area contributed by atoms with Crippen molar-refractivity contribution in [3.8, 4) is 5.75 Å². The summed E-state index contributed by atoms with van der Waals surface area (Å²) in [5.41, 5.74) is 1.42. The van der Waals surface area contributed by atoms with Crippen molar-refractivity contribution in [2.24, 2.45) is 0 Å². The average molecular weight is 248 g/mol. The van der Waals surface area contributed by atoms with Crippen molar-refractivity contribution in [3.63, 3.8) is 0 Å². The van der Waals surface area contributed by atoms with Gasteiger partial charge in [0.2, 0.25) is 0 Å². The van der Waals surface area contributed by atoms with Gasteiger partial charge in [-0.15, -0.1) is 0 Å². The van der Waals surface area contributed by atoms with Crippen LogP contribution in [0.4, 0.5) is 0 Å². The van der Waals surface area contributed by atoms with Gasteiger partial charge in [0.05, 0.1) is 17.8 Å². The van der Waals surface area contributed by atoms with Crippen LogP contribution < -0.4 is 5.32 Å². The van der Waals surface area contributed by atoms with Gasteiger partial charge in [0.15, 0.2) is 0 Å². The number of nitrogens with zero attached hydrogens (tertiary/aromatic N) is 1. The van der Waals surface area contributed by atoms with Crippen LogP contribution in [-0.4, -0.2) is 16.0 Å². The van der Waals surface area contributed by atoms with Crippen LogP contribution in [0.5, 0.6) is 5.75 Å². The molecule has 0 spiro atoms. The van der Waals surface area contributed by atoms with Crippen LogP contribution in [-0.2, 0) is 0 Å². The summed E-state index contributed by atoms with van der Waals surface area (Å²) < 4.78 is 0. The van der Waals surface area contributed by atoms with Crippen LogP contribution in [0.25, 0.3) is 0 Å². The molecule has 0 aliphatic heterocycles. The smallest absolute Gasteiger partial charge is 0.253 e. The quantitative estimate of drug-likeness (QED) is 0.876. The van der Waals surface area contributed by atoms with E-state index in [1.807, 2.05) is 23.8 Å². The number of nitrogens with one attached hydrogen (secondary N) is 1. The van der Waals surface area contributed by atoms with Crippen molar-refractivity contribution >= 4 is 17.2 Å². The zero-order chi connectivity index (χ0) is 12.3. The van der Waals surface area contributed by atoms with Crippen molar-refractivity contribution in [2.75, 3.05) is 0 Å². The van der Waals surface area contributed by atoms with Gasteiger partial charge in [-0.05, 0) is 35.4 Å². The lowest BCUT2D eigenvalue weighted by atomic mass is 10.1. The number of amides is 1. The van der Waals surface area contributed by atoms with E-state index < -0.39 is 0 Å². The van der Waals surface area contributed by atoms with E-state index >= 15 is 0 Å². The largest absolute Gasteiger partial charge is 0.506 e. The Labute approximate surface area is 103 Å². The zero-order valence-electron chi connectivity index (χ0n) is 9.25. The van der Waals surface area contributed by atoms with E-state index in [1.54, 1.807) is 11.3 Å². The molecule has 1 atom stereocenters. The minimum absolute atomic E-state index is 0.0131. The third-order valence-electron chi connectivity index (χ3n) is 2.38. The molecule has 0 saturated carbocycles. The molecule has 17 heavy (non-hydrogen) atoms. The van der Waals surface area contributed by atoms with Gasteiger partial charge in [0.1, 0.15) is 5.75 Å². The highest BCUT2D eigenvalue weighted by Gasteiger charge is 2.12. The topological polar surface area (TPSA) is 62.2 Å². The maximum atomic E-state index is 11.8. The fourth-order valence-electron chi connectivity index (χ4n) is 1.44. The summed E-state index contributed by atoms with van der Waals surface area (Å²) >= 11 is 1.59. The minimum atomic E-state index is -0.243. The fourth-order valence-corrected chi connectivity index (χ4v) is 2.19. The monoisotopic (exact) mass is 248 g/mol. The summed E-state index contributed by atoms with van der Waals surface area (Å²) in [6, 6.07) is 3.30. The van der Waals surface area contributed by atoms with Gasteiger partial charge in [0, 0.05) is 6.20 Å². The highest BCUT2D eigenvalue weighted by atomic mass is 32.1. The first kappa shape index (κ1) is 11.6. The number of carbonyl (C=O) groups is 1. The first-order chi connectivity index (χ1) is 8.16. The lowest BCUT2D eigenvalue weighted by Crippen LogP contribution is -2.26. The molecule has 88 valence electrons. The van der Waals surface area contributed by atoms with E-state index in [1.165, 1.54) is 18.5 Å². The minimum Gasteiger partial charge on any atom is -0.506 e. The molecule has 4 nitrogen and oxygen atoms in total. The van der Waals surface area contributed by atoms with Crippen LogP contribution in [0, 0.1) is 0 Å². The Morgan fingerprint density at radius 2 is 2.35 bits per heavy atom. The highest BCUT2D eigenvalue weighted by molar-refractivity contribution is 7.07. The molecule has 2 aromatic heterocycles. The molecular weight excluding hydrogens is 236 g/mol. The van der Waals surface area contributed by atoms with Gasteiger partial charge < -0.3 is 10.4 Å². The molecular formula is C12H12N2O2S. The normalized spacial score (nSPS) is 12.1. The molecule has 2 heterocycles. The maximum absolute atomic E-state index is 11.8. The van der Waals surface area contributed by atoms with E-state index in [2.05, 4.69) is 10.3 Å². The lowest BCUT2D eigenvalue weighted by Gasteiger charge is -2.12. The van der Waals surface area contributed by atoms with Crippen LogP contribution in [0.2, 0.25) is 0 Å². The first-order valence-electron chi connectivity index (χ1n) is 5.14. The van der Waals surface area contributed by atoms with Gasteiger partial charge in [-0.2, -0.15) is 11.3 Å². The van der Waals surface area contributed by atoms with Crippen LogP contribution >= 0.6 is 11.3 Å². The molecule has 0 aliphatic carbocycles. The molecule has 2 N–H and O–H groups in total. The predicted molar refractivity (Wildman–Crippen MR) is 66.1 cm³/mol. The average Bonchev–Trinajstić information content (AvgIpc) is 2.82. The molecule has 0 radical (unpaired) electrons. The number of carbonyl (C=O) groups excluding carboxylic acids is 1. The third-order valence-corrected chi connectivity index (χ3v) is 3.08. The van der Waals surface area contributed by atoms with E-state index in [4.69, 9.17) is 0 Å². The van der Waals surface area contributed by atoms with Crippen LogP contribution in [0.1, 0.15) is 28.9 Å². The van der Waals surface area contributed by atoms with E-state index in [-0.39, 0.29) is 17.7 Å². The molecule has 1 amide bonds. The van der Waals surface area contributed by atoms with Crippen LogP contribution in [0.15, 0.2) is 35.3 Å². The Hall–Kier alpha value is -1.88. The molecule has 0 aromatic carbocycles. The second-order valence-corrected chi connectivity index (χ2v) is 4.46. The predicted octanol–water partition coefficient (Wildman–Crippen LogP) is 2.34. The Bertz CT molecular complexity index is 511. The van der Waals surface area contributed by atoms with Crippen molar-refractivity contribution in [1.29, 1.82) is 0 Å². The number of hydrogen-bond donors (Lipinski definition) is 2. The number of rotatable bonds is 3. The molecule has 1 unspecified atom stereocenters. The second kappa shape index (κ2) is 4.97. The molecule has 0 fully saturated rings. The highest BCUT2D eigenvalue weighted by Crippen LogP contribution is 2.16. The SMILES string of the molecule is CC(NC(=O)c1cncc(O)c1)c1ccsc1. The van der Waals surface area contributed by atoms with Crippen molar-refractivity contribution < 1.29 is 9.90 Å². The standard InChI is InChI=1S/C12H12N2O2S/c1-8(9-2-3-17-7-9)14-12(16)10-4-11(15)6-13-5-10/h2-8,15H,1H3,(H,14,16). The third kappa shape index (κ3) is 2.82. The van der Waals surface area contributed by atoms with E-state index in [9.17, 15) is 9.90 Å². The second-order valence-electron chi connectivity index (χ2n) is 3.68. The summed E-state index contributed by atoms with van der Waals surface area (Å²) in [4.78, 5) is 15.6. The van der Waals surface area contributed by atoms with E-state index in [0.29, 0.717) is 5.56 Å². The summed E-state index contributed by atoms with van der Waals surface area (Å²) in [7, 11) is 0. The van der Waals surface area contributed by atoms with Crippen molar-refractivity contribution in [1.82, 2.24) is 10.3 Å². The molecule has 0 saturated heterocycles. The maximum Gasteiger partial charge on any atom is 0.253 e. The molecule has 2 aromatic rings. The number of thiophene rings is 1. The van der Waals surface area contributed by atoms with Crippen LogP contribution in [0.3, 0.4) is 0 Å². The Morgan fingerprint density at radius 1 is 1.53 bits per heavy atom. The molecule has 0 aliphatic rings. The van der Waals surface area contributed by atoms with Gasteiger partial charge in [0.25, 0.3) is 5.91 Å². The zero-order valence-corrected chi connectivity index (χ0v) is 10.1. The van der Waals surface area contributed by atoms with Gasteiger partial charge in [-0.25, -0.2) is 0 Å². The summed E-state index contributed by atoms with van der Waals surface area (Å²) in [6.45, 7) is 1.91. The van der Waals surface area contributed by atoms with Gasteiger partial charge >= 0.3 is 0 Å². The van der Waals surface area contributed by atoms with Crippen molar-refractivity contribution in [2.45, 2.75) is 13.0 Å². The fraction of sp³-hybridized carbons (Fsp3) is 0.167. The molecule has 5 heteroatoms. The Morgan fingerprint density at radius 3 is 3.00 bits per heavy atom. The van der Waals surface area contributed by atoms with Gasteiger partial charge in [-0.3, -0.25) is 9.78 Å². The number of aromatic nitrogens is 1. The summed E-state index contributed by atoms with van der Waals surface area (Å²) in [5.74, 6) is -0.257. The first-order valence-corrected chi connectivity index (χ1v) is 6.08. The number of hydrogen-bond acceptors (Lipinski definition) is 4. The summed E-state index contributed by atoms with van der Waals surface area (Å²) in [5, 5.41) is 16.0. The van der Waals surface area contributed by atoms with E-state index in [0.717, 1.165) is 5.56 Å². The Balaban J connectivity index is 2.07. The molecule has 0 bridgehead atoms. The van der Waals surface area contributed by atoms with Gasteiger partial charge in [-0.1, -0.05) is 0 Å². The van der Waals surface area contributed by atoms with Crippen molar-refractivity contribution in [3.05, 3.63) is 46.4 Å². The summed E-state index contributed by atoms with van der Waals surface area (Å²) in [6.07, 6.45) is 2.72. The Kier molecular flexibility index (Phi) is 3.39. The number of aromatic hydroxyl groups is 1. The lowest BCUT2D eigenvalue weighted by molar-refractivity contribution is 0.0939. The number of pyridine rings is 1. The molecule has 2 rings (SSSR count).